The molecule has 0 aliphatic heterocycles. The maximum atomic E-state index is 3.70. The van der Waals surface area contributed by atoms with E-state index in [2.05, 4.69) is 19.2 Å². The lowest BCUT2D eigenvalue weighted by molar-refractivity contribution is 0.269. The predicted octanol–water partition coefficient (Wildman–Crippen LogP) is 3.45. The second kappa shape index (κ2) is 5.34. The molecule has 3 atom stereocenters. The molecular weight excluding hydrogens is 182 g/mol. The van der Waals surface area contributed by atoms with Crippen LogP contribution in [0.5, 0.6) is 0 Å². The van der Waals surface area contributed by atoms with Crippen LogP contribution in [0.15, 0.2) is 0 Å². The van der Waals surface area contributed by atoms with E-state index in [1.165, 1.54) is 51.6 Å². The Labute approximate surface area is 95.0 Å². The van der Waals surface area contributed by atoms with Crippen LogP contribution in [-0.4, -0.2) is 13.1 Å². The smallest absolute Gasteiger partial charge is 0.00203 e. The Morgan fingerprint density at radius 1 is 1.20 bits per heavy atom. The molecule has 0 spiro atoms. The molecule has 2 aliphatic carbocycles. The molecule has 3 unspecified atom stereocenters. The first-order valence-corrected chi connectivity index (χ1v) is 6.96. The van der Waals surface area contributed by atoms with Gasteiger partial charge in [0.2, 0.25) is 0 Å². The minimum atomic E-state index is 0.922. The van der Waals surface area contributed by atoms with Crippen LogP contribution in [0.3, 0.4) is 0 Å². The third-order valence-corrected chi connectivity index (χ3v) is 4.37. The highest BCUT2D eigenvalue weighted by Crippen LogP contribution is 2.36. The minimum absolute atomic E-state index is 0.922. The summed E-state index contributed by atoms with van der Waals surface area (Å²) in [5.41, 5.74) is 0. The molecule has 0 saturated heterocycles. The van der Waals surface area contributed by atoms with Crippen molar-refractivity contribution in [2.75, 3.05) is 13.1 Å². The van der Waals surface area contributed by atoms with Crippen molar-refractivity contribution < 1.29 is 0 Å². The number of nitrogens with one attached hydrogen (secondary N) is 1. The summed E-state index contributed by atoms with van der Waals surface area (Å²) in [5, 5.41) is 3.70. The summed E-state index contributed by atoms with van der Waals surface area (Å²) >= 11 is 0. The molecule has 1 heteroatoms. The Kier molecular flexibility index (Phi) is 4.07. The predicted molar refractivity (Wildman–Crippen MR) is 65.9 cm³/mol. The van der Waals surface area contributed by atoms with Crippen LogP contribution >= 0.6 is 0 Å². The minimum Gasteiger partial charge on any atom is -0.316 e. The largest absolute Gasteiger partial charge is 0.316 e. The summed E-state index contributed by atoms with van der Waals surface area (Å²) in [6, 6.07) is 0. The van der Waals surface area contributed by atoms with Gasteiger partial charge in [0.1, 0.15) is 0 Å². The Bertz CT molecular complexity index is 186. The van der Waals surface area contributed by atoms with Crippen molar-refractivity contribution >= 4 is 0 Å². The molecule has 88 valence electrons. The normalized spacial score (nSPS) is 34.0. The molecule has 1 N–H and O–H groups in total. The number of hydrogen-bond donors (Lipinski definition) is 1. The number of rotatable bonds is 5. The van der Waals surface area contributed by atoms with Crippen LogP contribution in [0, 0.1) is 23.7 Å². The van der Waals surface area contributed by atoms with Crippen LogP contribution in [-0.2, 0) is 0 Å². The molecule has 0 aromatic heterocycles. The van der Waals surface area contributed by atoms with Crippen molar-refractivity contribution in [2.24, 2.45) is 23.7 Å². The molecule has 0 bridgehead atoms. The first kappa shape index (κ1) is 11.4. The molecule has 2 aliphatic rings. The molecule has 0 heterocycles. The lowest BCUT2D eigenvalue weighted by atomic mass is 9.82. The highest BCUT2D eigenvalue weighted by molar-refractivity contribution is 4.80. The maximum absolute atomic E-state index is 3.70. The summed E-state index contributed by atoms with van der Waals surface area (Å²) in [6.45, 7) is 7.37. The lowest BCUT2D eigenvalue weighted by Crippen LogP contribution is -2.30. The highest BCUT2D eigenvalue weighted by Gasteiger charge is 2.27. The number of hydrogen-bond acceptors (Lipinski definition) is 1. The van der Waals surface area contributed by atoms with Gasteiger partial charge in [-0.3, -0.25) is 0 Å². The third kappa shape index (κ3) is 3.79. The van der Waals surface area contributed by atoms with E-state index in [4.69, 9.17) is 0 Å². The summed E-state index contributed by atoms with van der Waals surface area (Å²) in [5.74, 6) is 3.93. The topological polar surface area (TPSA) is 12.0 Å². The van der Waals surface area contributed by atoms with Gasteiger partial charge in [-0.25, -0.2) is 0 Å². The van der Waals surface area contributed by atoms with Crippen molar-refractivity contribution in [3.63, 3.8) is 0 Å². The van der Waals surface area contributed by atoms with Crippen LogP contribution < -0.4 is 5.32 Å². The zero-order chi connectivity index (χ0) is 10.7. The van der Waals surface area contributed by atoms with Crippen LogP contribution in [0.4, 0.5) is 0 Å². The molecule has 2 fully saturated rings. The van der Waals surface area contributed by atoms with Gasteiger partial charge in [0.15, 0.2) is 0 Å². The average Bonchev–Trinajstić information content (AvgIpc) is 3.00. The van der Waals surface area contributed by atoms with E-state index in [9.17, 15) is 0 Å². The molecule has 2 rings (SSSR count). The van der Waals surface area contributed by atoms with E-state index >= 15 is 0 Å². The Morgan fingerprint density at radius 3 is 2.67 bits per heavy atom. The van der Waals surface area contributed by atoms with E-state index < -0.39 is 0 Å². The zero-order valence-corrected chi connectivity index (χ0v) is 10.5. The van der Waals surface area contributed by atoms with Gasteiger partial charge in [-0.15, -0.1) is 0 Å². The Morgan fingerprint density at radius 2 is 2.00 bits per heavy atom. The van der Waals surface area contributed by atoms with E-state index in [-0.39, 0.29) is 0 Å². The van der Waals surface area contributed by atoms with Gasteiger partial charge in [0.25, 0.3) is 0 Å². The van der Waals surface area contributed by atoms with Crippen molar-refractivity contribution in [1.29, 1.82) is 0 Å². The fourth-order valence-electron chi connectivity index (χ4n) is 3.09. The van der Waals surface area contributed by atoms with Gasteiger partial charge < -0.3 is 5.32 Å². The lowest BCUT2D eigenvalue weighted by Gasteiger charge is -2.27. The zero-order valence-electron chi connectivity index (χ0n) is 10.5. The summed E-state index contributed by atoms with van der Waals surface area (Å²) in [4.78, 5) is 0. The van der Waals surface area contributed by atoms with Crippen LogP contribution in [0.2, 0.25) is 0 Å². The molecular formula is C14H27N. The van der Waals surface area contributed by atoms with Crippen molar-refractivity contribution in [3.05, 3.63) is 0 Å². The van der Waals surface area contributed by atoms with Gasteiger partial charge in [-0.1, -0.05) is 26.7 Å². The van der Waals surface area contributed by atoms with Gasteiger partial charge in [-0.2, -0.15) is 0 Å². The fraction of sp³-hybridized carbons (Fsp3) is 1.00. The quantitative estimate of drug-likeness (QED) is 0.731. The van der Waals surface area contributed by atoms with Gasteiger partial charge >= 0.3 is 0 Å². The van der Waals surface area contributed by atoms with E-state index in [0.717, 1.165) is 23.7 Å². The molecule has 0 amide bonds. The average molecular weight is 209 g/mol. The standard InChI is InChI=1S/C14H27N/c1-11-4-3-5-13(8-11)10-15-9-12(2)14-6-7-14/h11-15H,3-10H2,1-2H3. The fourth-order valence-corrected chi connectivity index (χ4v) is 3.09. The first-order chi connectivity index (χ1) is 7.25. The van der Waals surface area contributed by atoms with Crippen molar-refractivity contribution in [1.82, 2.24) is 5.32 Å². The molecule has 1 nitrogen and oxygen atoms in total. The van der Waals surface area contributed by atoms with Crippen LogP contribution in [0.25, 0.3) is 0 Å². The Hall–Kier alpha value is -0.0400. The molecule has 2 saturated carbocycles. The summed E-state index contributed by atoms with van der Waals surface area (Å²) in [6.07, 6.45) is 8.84. The van der Waals surface area contributed by atoms with E-state index in [1.54, 1.807) is 0 Å². The monoisotopic (exact) mass is 209 g/mol. The van der Waals surface area contributed by atoms with Gasteiger partial charge in [-0.05, 0) is 62.4 Å². The summed E-state index contributed by atoms with van der Waals surface area (Å²) < 4.78 is 0. The molecule has 0 aromatic carbocycles. The van der Waals surface area contributed by atoms with Crippen molar-refractivity contribution in [3.8, 4) is 0 Å². The molecule has 0 aromatic rings. The summed E-state index contributed by atoms with van der Waals surface area (Å²) in [7, 11) is 0. The van der Waals surface area contributed by atoms with E-state index in [1.807, 2.05) is 0 Å². The molecule has 0 radical (unpaired) electrons. The van der Waals surface area contributed by atoms with Gasteiger partial charge in [0, 0.05) is 0 Å². The SMILES string of the molecule is CC1CCCC(CNCC(C)C2CC2)C1. The van der Waals surface area contributed by atoms with E-state index in [0.29, 0.717) is 0 Å². The van der Waals surface area contributed by atoms with Crippen molar-refractivity contribution in [2.45, 2.75) is 52.4 Å². The third-order valence-electron chi connectivity index (χ3n) is 4.37. The second-order valence-corrected chi connectivity index (χ2v) is 6.11. The Balaban J connectivity index is 1.56. The molecule has 15 heavy (non-hydrogen) atoms. The highest BCUT2D eigenvalue weighted by atomic mass is 14.9. The van der Waals surface area contributed by atoms with Crippen LogP contribution in [0.1, 0.15) is 52.4 Å². The second-order valence-electron chi connectivity index (χ2n) is 6.11. The maximum Gasteiger partial charge on any atom is -0.00203 e. The first-order valence-electron chi connectivity index (χ1n) is 6.96. The van der Waals surface area contributed by atoms with Gasteiger partial charge in [0.05, 0.1) is 0 Å².